The van der Waals surface area contributed by atoms with E-state index >= 15 is 0 Å². The summed E-state index contributed by atoms with van der Waals surface area (Å²) in [6, 6.07) is 12.8. The topological polar surface area (TPSA) is 65.3 Å². The van der Waals surface area contributed by atoms with Crippen molar-refractivity contribution in [2.24, 2.45) is 14.1 Å². The van der Waals surface area contributed by atoms with Gasteiger partial charge in [-0.25, -0.2) is 4.79 Å². The number of aromatic nitrogens is 2. The van der Waals surface area contributed by atoms with E-state index in [9.17, 15) is 9.59 Å². The Labute approximate surface area is 145 Å². The molecule has 6 heteroatoms. The molecule has 0 saturated heterocycles. The lowest BCUT2D eigenvalue weighted by Gasteiger charge is -2.03. The number of rotatable bonds is 4. The largest absolute Gasteiger partial charge is 0.497 e. The summed E-state index contributed by atoms with van der Waals surface area (Å²) in [5.41, 5.74) is 3.02. The normalized spacial score (nSPS) is 11.2. The lowest BCUT2D eigenvalue weighted by atomic mass is 10.2. The molecule has 0 radical (unpaired) electrons. The molecule has 0 unspecified atom stereocenters. The van der Waals surface area contributed by atoms with Crippen LogP contribution in [0.15, 0.2) is 53.3 Å². The number of fused-ring (bicyclic) bond motifs is 1. The molecule has 0 atom stereocenters. The van der Waals surface area contributed by atoms with E-state index in [0.717, 1.165) is 22.3 Å². The van der Waals surface area contributed by atoms with Gasteiger partial charge >= 0.3 is 5.69 Å². The standard InChI is InChI=1S/C19H19N3O3/c1-21-16-10-7-14(12-17(16)22(2)19(21)24)20-18(23)11-6-13-4-8-15(25-3)9-5-13/h4-12H,1-3H3,(H,20,23)/b11-6+. The molecule has 3 aromatic rings. The summed E-state index contributed by atoms with van der Waals surface area (Å²) < 4.78 is 8.23. The van der Waals surface area contributed by atoms with E-state index in [4.69, 9.17) is 4.74 Å². The molecule has 25 heavy (non-hydrogen) atoms. The van der Waals surface area contributed by atoms with E-state index in [1.807, 2.05) is 30.3 Å². The number of carbonyl (C=O) groups excluding carboxylic acids is 1. The summed E-state index contributed by atoms with van der Waals surface area (Å²) in [6.07, 6.45) is 3.20. The van der Waals surface area contributed by atoms with E-state index in [-0.39, 0.29) is 11.6 Å². The van der Waals surface area contributed by atoms with Crippen molar-refractivity contribution in [2.45, 2.75) is 0 Å². The number of anilines is 1. The van der Waals surface area contributed by atoms with Gasteiger partial charge in [0.15, 0.2) is 0 Å². The van der Waals surface area contributed by atoms with Crippen molar-refractivity contribution in [1.82, 2.24) is 9.13 Å². The predicted molar refractivity (Wildman–Crippen MR) is 98.8 cm³/mol. The number of hydrogen-bond acceptors (Lipinski definition) is 3. The van der Waals surface area contributed by atoms with Gasteiger partial charge in [-0.05, 0) is 42.0 Å². The molecule has 1 amide bonds. The van der Waals surface area contributed by atoms with E-state index in [1.54, 1.807) is 48.5 Å². The number of aryl methyl sites for hydroxylation is 2. The molecule has 2 aromatic carbocycles. The zero-order valence-corrected chi connectivity index (χ0v) is 14.3. The minimum Gasteiger partial charge on any atom is -0.497 e. The van der Waals surface area contributed by atoms with Gasteiger partial charge in [-0.2, -0.15) is 0 Å². The summed E-state index contributed by atoms with van der Waals surface area (Å²) in [6.45, 7) is 0. The Morgan fingerprint density at radius 1 is 1.04 bits per heavy atom. The zero-order chi connectivity index (χ0) is 18.0. The molecule has 1 heterocycles. The fourth-order valence-corrected chi connectivity index (χ4v) is 2.66. The Balaban J connectivity index is 1.76. The third-order valence-corrected chi connectivity index (χ3v) is 4.08. The molecule has 0 bridgehead atoms. The second-order valence-electron chi connectivity index (χ2n) is 5.70. The maximum atomic E-state index is 12.1. The summed E-state index contributed by atoms with van der Waals surface area (Å²) in [5.74, 6) is 0.527. The molecule has 0 fully saturated rings. The lowest BCUT2D eigenvalue weighted by Crippen LogP contribution is -2.19. The number of imidazole rings is 1. The first-order chi connectivity index (χ1) is 12.0. The number of methoxy groups -OCH3 is 1. The highest BCUT2D eigenvalue weighted by Crippen LogP contribution is 2.18. The summed E-state index contributed by atoms with van der Waals surface area (Å²) in [4.78, 5) is 24.1. The third kappa shape index (κ3) is 3.33. The van der Waals surface area contributed by atoms with Gasteiger partial charge in [0.25, 0.3) is 0 Å². The van der Waals surface area contributed by atoms with Crippen LogP contribution in [0.25, 0.3) is 17.1 Å². The molecule has 6 nitrogen and oxygen atoms in total. The number of nitrogens with one attached hydrogen (secondary N) is 1. The highest BCUT2D eigenvalue weighted by molar-refractivity contribution is 6.02. The first-order valence-corrected chi connectivity index (χ1v) is 7.78. The average Bonchev–Trinajstić information content (AvgIpc) is 2.84. The van der Waals surface area contributed by atoms with E-state index in [2.05, 4.69) is 5.32 Å². The predicted octanol–water partition coefficient (Wildman–Crippen LogP) is 2.54. The number of benzene rings is 2. The van der Waals surface area contributed by atoms with Crippen LogP contribution in [-0.4, -0.2) is 22.2 Å². The highest BCUT2D eigenvalue weighted by Gasteiger charge is 2.08. The molecule has 0 spiro atoms. The van der Waals surface area contributed by atoms with Gasteiger partial charge in [-0.3, -0.25) is 13.9 Å². The minimum atomic E-state index is -0.240. The summed E-state index contributed by atoms with van der Waals surface area (Å²) in [5, 5.41) is 2.81. The summed E-state index contributed by atoms with van der Waals surface area (Å²) in [7, 11) is 5.04. The lowest BCUT2D eigenvalue weighted by molar-refractivity contribution is -0.111. The minimum absolute atomic E-state index is 0.0992. The molecule has 128 valence electrons. The van der Waals surface area contributed by atoms with Crippen LogP contribution in [-0.2, 0) is 18.9 Å². The Morgan fingerprint density at radius 3 is 2.40 bits per heavy atom. The van der Waals surface area contributed by atoms with Crippen LogP contribution in [0.3, 0.4) is 0 Å². The van der Waals surface area contributed by atoms with Crippen LogP contribution >= 0.6 is 0 Å². The Bertz CT molecular complexity index is 1010. The zero-order valence-electron chi connectivity index (χ0n) is 14.3. The molecule has 0 aliphatic rings. The van der Waals surface area contributed by atoms with Crippen LogP contribution in [0.1, 0.15) is 5.56 Å². The van der Waals surface area contributed by atoms with Crippen molar-refractivity contribution in [2.75, 3.05) is 12.4 Å². The number of hydrogen-bond donors (Lipinski definition) is 1. The van der Waals surface area contributed by atoms with Crippen molar-refractivity contribution >= 4 is 28.7 Å². The van der Waals surface area contributed by atoms with E-state index < -0.39 is 0 Å². The SMILES string of the molecule is COc1ccc(/C=C/C(=O)Nc2ccc3c(c2)n(C)c(=O)n3C)cc1. The molecule has 1 N–H and O–H groups in total. The monoisotopic (exact) mass is 337 g/mol. The maximum absolute atomic E-state index is 12.1. The van der Waals surface area contributed by atoms with Gasteiger partial charge in [0, 0.05) is 25.9 Å². The Morgan fingerprint density at radius 2 is 1.72 bits per heavy atom. The van der Waals surface area contributed by atoms with E-state index in [1.165, 1.54) is 6.08 Å². The maximum Gasteiger partial charge on any atom is 0.328 e. The van der Waals surface area contributed by atoms with Gasteiger partial charge in [-0.15, -0.1) is 0 Å². The van der Waals surface area contributed by atoms with Crippen molar-refractivity contribution in [1.29, 1.82) is 0 Å². The Hall–Kier alpha value is -3.28. The molecule has 0 aliphatic heterocycles. The van der Waals surface area contributed by atoms with Crippen molar-refractivity contribution in [3.05, 3.63) is 64.6 Å². The quantitative estimate of drug-likeness (QED) is 0.744. The van der Waals surface area contributed by atoms with Crippen molar-refractivity contribution in [3.63, 3.8) is 0 Å². The van der Waals surface area contributed by atoms with Crippen LogP contribution in [0, 0.1) is 0 Å². The number of ether oxygens (including phenoxy) is 1. The third-order valence-electron chi connectivity index (χ3n) is 4.08. The average molecular weight is 337 g/mol. The van der Waals surface area contributed by atoms with Gasteiger partial charge < -0.3 is 10.1 Å². The van der Waals surface area contributed by atoms with Crippen LogP contribution < -0.4 is 15.7 Å². The van der Waals surface area contributed by atoms with Gasteiger partial charge in [0.1, 0.15) is 5.75 Å². The van der Waals surface area contributed by atoms with Crippen molar-refractivity contribution < 1.29 is 9.53 Å². The molecule has 0 saturated carbocycles. The second kappa shape index (κ2) is 6.68. The molecule has 3 rings (SSSR count). The molecular weight excluding hydrogens is 318 g/mol. The van der Waals surface area contributed by atoms with Gasteiger partial charge in [0.2, 0.25) is 5.91 Å². The van der Waals surface area contributed by atoms with Crippen LogP contribution in [0.4, 0.5) is 5.69 Å². The van der Waals surface area contributed by atoms with Gasteiger partial charge in [-0.1, -0.05) is 12.1 Å². The first kappa shape index (κ1) is 16.6. The molecule has 1 aromatic heterocycles. The first-order valence-electron chi connectivity index (χ1n) is 7.78. The molecule has 0 aliphatic carbocycles. The highest BCUT2D eigenvalue weighted by atomic mass is 16.5. The van der Waals surface area contributed by atoms with E-state index in [0.29, 0.717) is 5.69 Å². The smallest absolute Gasteiger partial charge is 0.328 e. The molecular formula is C19H19N3O3. The number of nitrogens with zero attached hydrogens (tertiary/aromatic N) is 2. The summed E-state index contributed by atoms with van der Waals surface area (Å²) >= 11 is 0. The number of amides is 1. The van der Waals surface area contributed by atoms with Gasteiger partial charge in [0.05, 0.1) is 18.1 Å². The fourth-order valence-electron chi connectivity index (χ4n) is 2.66. The Kier molecular flexibility index (Phi) is 4.43. The second-order valence-corrected chi connectivity index (χ2v) is 5.70. The number of carbonyl (C=O) groups is 1. The van der Waals surface area contributed by atoms with Crippen LogP contribution in [0.2, 0.25) is 0 Å². The van der Waals surface area contributed by atoms with Crippen molar-refractivity contribution in [3.8, 4) is 5.75 Å². The fraction of sp³-hybridized carbons (Fsp3) is 0.158. The van der Waals surface area contributed by atoms with Crippen LogP contribution in [0.5, 0.6) is 5.75 Å².